The maximum Gasteiger partial charge on any atom is 0.0523 e. The molecule has 0 radical (unpaired) electrons. The van der Waals surface area contributed by atoms with Crippen molar-refractivity contribution >= 4 is 11.6 Å². The van der Waals surface area contributed by atoms with E-state index < -0.39 is 0 Å². The van der Waals surface area contributed by atoms with Crippen LogP contribution < -0.4 is 0 Å². The molecule has 0 unspecified atom stereocenters. The van der Waals surface area contributed by atoms with Gasteiger partial charge in [0.2, 0.25) is 0 Å². The van der Waals surface area contributed by atoms with E-state index in [-0.39, 0.29) is 6.54 Å². The average Bonchev–Trinajstić information content (AvgIpc) is 2.44. The number of hydrogen-bond donors (Lipinski definition) is 0. The third kappa shape index (κ3) is 3.80. The quantitative estimate of drug-likeness (QED) is 0.327. The van der Waals surface area contributed by atoms with Gasteiger partial charge in [0.05, 0.1) is 6.54 Å². The summed E-state index contributed by atoms with van der Waals surface area (Å²) >= 11 is 5.99. The normalized spacial score (nSPS) is 9.30. The Morgan fingerprint density at radius 2 is 2.05 bits per heavy atom. The molecular weight excluding hydrogens is 270 g/mol. The topological polar surface area (TPSA) is 48.8 Å². The van der Waals surface area contributed by atoms with Crippen LogP contribution in [0.2, 0.25) is 5.02 Å². The van der Waals surface area contributed by atoms with E-state index in [1.54, 1.807) is 12.1 Å². The lowest BCUT2D eigenvalue weighted by molar-refractivity contribution is 1.04. The van der Waals surface area contributed by atoms with Gasteiger partial charge in [-0.1, -0.05) is 46.8 Å². The van der Waals surface area contributed by atoms with Crippen molar-refractivity contribution in [3.05, 3.63) is 80.2 Å². The summed E-state index contributed by atoms with van der Waals surface area (Å²) in [4.78, 5) is 2.77. The van der Waals surface area contributed by atoms with Gasteiger partial charge in [-0.05, 0) is 47.8 Å². The van der Waals surface area contributed by atoms with E-state index in [1.807, 2.05) is 37.3 Å². The van der Waals surface area contributed by atoms with Gasteiger partial charge < -0.3 is 0 Å². The van der Waals surface area contributed by atoms with E-state index in [9.17, 15) is 0 Å². The highest BCUT2D eigenvalue weighted by molar-refractivity contribution is 6.30. The molecule has 2 rings (SSSR count). The predicted molar refractivity (Wildman–Crippen MR) is 81.5 cm³/mol. The van der Waals surface area contributed by atoms with E-state index in [2.05, 4.69) is 21.9 Å². The molecule has 2 aromatic rings. The number of benzene rings is 2. The number of aryl methyl sites for hydroxylation is 1. The fourth-order valence-electron chi connectivity index (χ4n) is 1.77. The highest BCUT2D eigenvalue weighted by Gasteiger charge is 2.00. The molecule has 0 aliphatic heterocycles. The van der Waals surface area contributed by atoms with Crippen LogP contribution in [0.4, 0.5) is 0 Å². The Kier molecular flexibility index (Phi) is 4.68. The van der Waals surface area contributed by atoms with Crippen LogP contribution in [-0.2, 0) is 6.54 Å². The monoisotopic (exact) mass is 281 g/mol. The Hall–Kier alpha value is -2.40. The second-order valence-corrected chi connectivity index (χ2v) is 4.75. The molecule has 0 N–H and O–H groups in total. The molecule has 0 aliphatic carbocycles. The zero-order valence-electron chi connectivity index (χ0n) is 11.0. The highest BCUT2D eigenvalue weighted by Crippen LogP contribution is 2.16. The van der Waals surface area contributed by atoms with Crippen molar-refractivity contribution < 1.29 is 0 Å². The summed E-state index contributed by atoms with van der Waals surface area (Å²) in [5.41, 5.74) is 12.2. The molecule has 0 fully saturated rings. The first-order valence-electron chi connectivity index (χ1n) is 6.07. The van der Waals surface area contributed by atoms with Crippen LogP contribution >= 0.6 is 11.6 Å². The van der Waals surface area contributed by atoms with Crippen molar-refractivity contribution in [1.82, 2.24) is 0 Å². The summed E-state index contributed by atoms with van der Waals surface area (Å²) in [5.74, 6) is 6.19. The lowest BCUT2D eigenvalue weighted by Crippen LogP contribution is -1.88. The Labute approximate surface area is 122 Å². The second kappa shape index (κ2) is 6.68. The molecule has 3 nitrogen and oxygen atoms in total. The molecule has 2 aromatic carbocycles. The molecule has 0 saturated carbocycles. The molecule has 0 saturated heterocycles. The minimum Gasteiger partial charge on any atom is -0.0892 e. The molecule has 0 atom stereocenters. The third-order valence-electron chi connectivity index (χ3n) is 2.74. The average molecular weight is 282 g/mol. The molecular formula is C16H12ClN3. The first kappa shape index (κ1) is 14.0. The van der Waals surface area contributed by atoms with Gasteiger partial charge in [0.25, 0.3) is 0 Å². The summed E-state index contributed by atoms with van der Waals surface area (Å²) in [6, 6.07) is 13.4. The van der Waals surface area contributed by atoms with Crippen molar-refractivity contribution in [3.63, 3.8) is 0 Å². The predicted octanol–water partition coefficient (Wildman–Crippen LogP) is 4.86. The van der Waals surface area contributed by atoms with Gasteiger partial charge in [-0.25, -0.2) is 0 Å². The lowest BCUT2D eigenvalue weighted by atomic mass is 10.1. The fourth-order valence-corrected chi connectivity index (χ4v) is 1.95. The number of halogens is 1. The zero-order valence-corrected chi connectivity index (χ0v) is 11.7. The van der Waals surface area contributed by atoms with E-state index in [1.165, 1.54) is 0 Å². The summed E-state index contributed by atoms with van der Waals surface area (Å²) in [6.45, 7) is 2.29. The van der Waals surface area contributed by atoms with Gasteiger partial charge in [-0.2, -0.15) is 0 Å². The van der Waals surface area contributed by atoms with E-state index >= 15 is 0 Å². The largest absolute Gasteiger partial charge is 0.0892 e. The molecule has 4 heteroatoms. The smallest absolute Gasteiger partial charge is 0.0523 e. The maximum absolute atomic E-state index is 8.41. The van der Waals surface area contributed by atoms with E-state index in [0.717, 1.165) is 22.3 Å². The van der Waals surface area contributed by atoms with Crippen LogP contribution in [0.5, 0.6) is 0 Å². The second-order valence-electron chi connectivity index (χ2n) is 4.31. The van der Waals surface area contributed by atoms with Crippen molar-refractivity contribution in [2.45, 2.75) is 13.5 Å². The number of hydrogen-bond acceptors (Lipinski definition) is 1. The Morgan fingerprint density at radius 3 is 2.80 bits per heavy atom. The summed E-state index contributed by atoms with van der Waals surface area (Å²) < 4.78 is 0. The number of nitrogens with zero attached hydrogens (tertiary/aromatic N) is 3. The molecule has 0 amide bonds. The molecule has 0 aliphatic rings. The minimum absolute atomic E-state index is 0.269. The van der Waals surface area contributed by atoms with Gasteiger partial charge in [0, 0.05) is 21.1 Å². The van der Waals surface area contributed by atoms with Crippen LogP contribution in [0.1, 0.15) is 22.3 Å². The minimum atomic E-state index is 0.269. The van der Waals surface area contributed by atoms with Crippen LogP contribution in [0.15, 0.2) is 47.6 Å². The Bertz CT molecular complexity index is 735. The zero-order chi connectivity index (χ0) is 14.4. The standard InChI is InChI=1S/C16H12ClN3/c1-12-3-2-4-13(9-12)5-6-14-10-16(17)8-7-15(14)11-19-20-18/h2-4,7-10H,11H2,1H3. The Morgan fingerprint density at radius 1 is 1.20 bits per heavy atom. The lowest BCUT2D eigenvalue weighted by Gasteiger charge is -2.01. The van der Waals surface area contributed by atoms with Gasteiger partial charge in [-0.3, -0.25) is 0 Å². The van der Waals surface area contributed by atoms with Crippen LogP contribution in [0.25, 0.3) is 10.4 Å². The van der Waals surface area contributed by atoms with Crippen molar-refractivity contribution in [2.75, 3.05) is 0 Å². The van der Waals surface area contributed by atoms with Crippen LogP contribution in [-0.4, -0.2) is 0 Å². The van der Waals surface area contributed by atoms with Crippen molar-refractivity contribution in [1.29, 1.82) is 0 Å². The van der Waals surface area contributed by atoms with E-state index in [0.29, 0.717) is 5.02 Å². The van der Waals surface area contributed by atoms with Crippen LogP contribution in [0.3, 0.4) is 0 Å². The van der Waals surface area contributed by atoms with Gasteiger partial charge in [0.1, 0.15) is 0 Å². The molecule has 0 aromatic heterocycles. The SMILES string of the molecule is Cc1cccc(C#Cc2cc(Cl)ccc2CN=[N+]=[N-])c1. The summed E-state index contributed by atoms with van der Waals surface area (Å²) in [7, 11) is 0. The van der Waals surface area contributed by atoms with Crippen molar-refractivity contribution in [2.24, 2.45) is 5.11 Å². The number of rotatable bonds is 2. The molecule has 0 heterocycles. The third-order valence-corrected chi connectivity index (χ3v) is 2.97. The molecule has 0 bridgehead atoms. The first-order chi connectivity index (χ1) is 9.69. The van der Waals surface area contributed by atoms with Crippen molar-refractivity contribution in [3.8, 4) is 11.8 Å². The fraction of sp³-hybridized carbons (Fsp3) is 0.125. The summed E-state index contributed by atoms with van der Waals surface area (Å²) in [5, 5.41) is 4.19. The Balaban J connectivity index is 2.37. The first-order valence-corrected chi connectivity index (χ1v) is 6.45. The maximum atomic E-state index is 8.41. The molecule has 0 spiro atoms. The summed E-state index contributed by atoms with van der Waals surface area (Å²) in [6.07, 6.45) is 0. The molecule has 20 heavy (non-hydrogen) atoms. The van der Waals surface area contributed by atoms with Crippen LogP contribution in [0, 0.1) is 18.8 Å². The number of azide groups is 1. The van der Waals surface area contributed by atoms with Gasteiger partial charge in [0.15, 0.2) is 0 Å². The van der Waals surface area contributed by atoms with Gasteiger partial charge >= 0.3 is 0 Å². The molecule has 98 valence electrons. The van der Waals surface area contributed by atoms with Gasteiger partial charge in [-0.15, -0.1) is 0 Å². The van der Waals surface area contributed by atoms with E-state index in [4.69, 9.17) is 17.1 Å². The highest BCUT2D eigenvalue weighted by atomic mass is 35.5.